The minimum absolute atomic E-state index is 0. The predicted octanol–water partition coefficient (Wildman–Crippen LogP) is 5.19. The van der Waals surface area contributed by atoms with Crippen molar-refractivity contribution in [3.05, 3.63) is 12.3 Å². The molecule has 0 bridgehead atoms. The third-order valence-corrected chi connectivity index (χ3v) is 5.84. The van der Waals surface area contributed by atoms with Crippen molar-refractivity contribution in [1.29, 1.82) is 0 Å². The van der Waals surface area contributed by atoms with Crippen molar-refractivity contribution < 1.29 is 46.7 Å². The van der Waals surface area contributed by atoms with Gasteiger partial charge >= 0.3 is 29.6 Å². The zero-order valence-electron chi connectivity index (χ0n) is 20.0. The minimum atomic E-state index is -4.59. The van der Waals surface area contributed by atoms with Gasteiger partial charge in [-0.15, -0.1) is 0 Å². The van der Waals surface area contributed by atoms with Crippen molar-refractivity contribution in [2.45, 2.75) is 142 Å². The van der Waals surface area contributed by atoms with E-state index in [-0.39, 0.29) is 29.6 Å². The molecule has 0 aliphatic rings. The molecular weight excluding hydrogens is 407 g/mol. The van der Waals surface area contributed by atoms with E-state index >= 15 is 0 Å². The van der Waals surface area contributed by atoms with Gasteiger partial charge in [0, 0.05) is 0 Å². The van der Waals surface area contributed by atoms with Crippen LogP contribution in [0.25, 0.3) is 0 Å². The van der Waals surface area contributed by atoms with E-state index in [1.807, 2.05) is 0 Å². The first-order chi connectivity index (χ1) is 14.1. The summed E-state index contributed by atoms with van der Waals surface area (Å²) in [4.78, 5) is 0. The quantitative estimate of drug-likeness (QED) is 0.0700. The smallest absolute Gasteiger partial charge is 0.716 e. The van der Waals surface area contributed by atoms with Crippen LogP contribution in [0.2, 0.25) is 0 Å². The van der Waals surface area contributed by atoms with E-state index in [2.05, 4.69) is 11.1 Å². The first-order valence-corrected chi connectivity index (χ1v) is 13.7. The fourth-order valence-electron chi connectivity index (χ4n) is 3.69. The maximum atomic E-state index is 10.2. The summed E-state index contributed by atoms with van der Waals surface area (Å²) in [7, 11) is -4.59. The Labute approximate surface area is 210 Å². The summed E-state index contributed by atoms with van der Waals surface area (Å²) < 4.78 is 34.7. The SMILES string of the molecule is CCCCCCCCCCCCCCCCCCCCCC/C=C/OS(=O)(=O)[O-].[Na+]. The standard InChI is InChI=1S/C24H48O4S.Na/c1-2-3-4-5-6-7-8-9-10-11-12-13-14-15-16-17-18-19-20-21-22-23-24-28-29(25,26)27;/h23-24H,2-22H2,1H3,(H,25,26,27);/q;+1/p-1/b24-23+;. The molecule has 0 saturated carbocycles. The number of hydrogen-bond donors (Lipinski definition) is 0. The maximum absolute atomic E-state index is 10.2. The molecule has 4 nitrogen and oxygen atoms in total. The predicted molar refractivity (Wildman–Crippen MR) is 123 cm³/mol. The fraction of sp³-hybridized carbons (Fsp3) is 0.917. The number of hydrogen-bond acceptors (Lipinski definition) is 4. The van der Waals surface area contributed by atoms with Gasteiger partial charge in [0.15, 0.2) is 0 Å². The molecule has 174 valence electrons. The summed E-state index contributed by atoms with van der Waals surface area (Å²) in [6.45, 7) is 2.28. The molecule has 6 heteroatoms. The molecule has 0 fully saturated rings. The minimum Gasteiger partial charge on any atom is -0.716 e. The molecule has 0 radical (unpaired) electrons. The Bertz CT molecular complexity index is 452. The van der Waals surface area contributed by atoms with Gasteiger partial charge in [-0.05, 0) is 18.9 Å². The second-order valence-electron chi connectivity index (χ2n) is 8.38. The Hall–Kier alpha value is 0.450. The van der Waals surface area contributed by atoms with Crippen LogP contribution >= 0.6 is 0 Å². The average molecular weight is 455 g/mol. The third-order valence-electron chi connectivity index (χ3n) is 5.49. The molecule has 0 saturated heterocycles. The summed E-state index contributed by atoms with van der Waals surface area (Å²) in [6, 6.07) is 0. The maximum Gasteiger partial charge on any atom is 1.00 e. The Morgan fingerprint density at radius 2 is 0.900 bits per heavy atom. The molecule has 0 amide bonds. The molecule has 0 atom stereocenters. The second-order valence-corrected chi connectivity index (χ2v) is 9.39. The molecule has 0 aliphatic carbocycles. The van der Waals surface area contributed by atoms with Crippen LogP contribution in [0.1, 0.15) is 142 Å². The van der Waals surface area contributed by atoms with Crippen LogP contribution in [0.4, 0.5) is 0 Å². The summed E-state index contributed by atoms with van der Waals surface area (Å²) in [5, 5.41) is 0. The molecule has 0 unspecified atom stereocenters. The number of allylic oxidation sites excluding steroid dienone is 1. The van der Waals surface area contributed by atoms with Crippen molar-refractivity contribution in [2.24, 2.45) is 0 Å². The zero-order chi connectivity index (χ0) is 21.5. The van der Waals surface area contributed by atoms with Crippen molar-refractivity contribution >= 4 is 10.4 Å². The third kappa shape index (κ3) is 30.6. The van der Waals surface area contributed by atoms with Crippen molar-refractivity contribution in [1.82, 2.24) is 0 Å². The first-order valence-electron chi connectivity index (χ1n) is 12.4. The Balaban J connectivity index is 0. The number of unbranched alkanes of at least 4 members (excludes halogenated alkanes) is 20. The fourth-order valence-corrected chi connectivity index (χ4v) is 3.91. The van der Waals surface area contributed by atoms with E-state index in [0.717, 1.165) is 25.5 Å². The van der Waals surface area contributed by atoms with Gasteiger partial charge in [-0.25, -0.2) is 8.42 Å². The van der Waals surface area contributed by atoms with Gasteiger partial charge in [-0.1, -0.05) is 129 Å². The molecule has 0 spiro atoms. The van der Waals surface area contributed by atoms with Gasteiger partial charge in [-0.2, -0.15) is 0 Å². The van der Waals surface area contributed by atoms with Crippen LogP contribution in [0, 0.1) is 0 Å². The second kappa shape index (κ2) is 25.7. The van der Waals surface area contributed by atoms with E-state index in [1.54, 1.807) is 6.08 Å². The normalized spacial score (nSPS) is 11.7. The van der Waals surface area contributed by atoms with Crippen molar-refractivity contribution in [3.63, 3.8) is 0 Å². The molecule has 0 heterocycles. The molecule has 0 aliphatic heterocycles. The number of rotatable bonds is 23. The van der Waals surface area contributed by atoms with Gasteiger partial charge < -0.3 is 8.74 Å². The molecule has 0 rings (SSSR count). The van der Waals surface area contributed by atoms with Crippen LogP contribution in [-0.2, 0) is 14.6 Å². The van der Waals surface area contributed by atoms with Crippen LogP contribution < -0.4 is 29.6 Å². The summed E-state index contributed by atoms with van der Waals surface area (Å²) in [5.41, 5.74) is 0. The monoisotopic (exact) mass is 454 g/mol. The molecule has 0 aromatic heterocycles. The largest absolute Gasteiger partial charge is 1.00 e. The van der Waals surface area contributed by atoms with Gasteiger partial charge in [-0.3, -0.25) is 0 Å². The molecular formula is C24H47NaO4S. The van der Waals surface area contributed by atoms with Crippen molar-refractivity contribution in [3.8, 4) is 0 Å². The van der Waals surface area contributed by atoms with Crippen LogP contribution in [0.3, 0.4) is 0 Å². The van der Waals surface area contributed by atoms with Crippen LogP contribution in [0.5, 0.6) is 0 Å². The Morgan fingerprint density at radius 3 is 1.20 bits per heavy atom. The summed E-state index contributed by atoms with van der Waals surface area (Å²) in [5.74, 6) is 0. The zero-order valence-corrected chi connectivity index (χ0v) is 22.9. The summed E-state index contributed by atoms with van der Waals surface area (Å²) >= 11 is 0. The van der Waals surface area contributed by atoms with Crippen molar-refractivity contribution in [2.75, 3.05) is 0 Å². The Morgan fingerprint density at radius 1 is 0.600 bits per heavy atom. The first kappa shape index (κ1) is 32.6. The summed E-state index contributed by atoms with van der Waals surface area (Å²) in [6.07, 6.45) is 30.6. The molecule has 0 aromatic rings. The van der Waals surface area contributed by atoms with Gasteiger partial charge in [0.25, 0.3) is 10.4 Å². The molecule has 0 aromatic carbocycles. The van der Waals surface area contributed by atoms with E-state index in [1.165, 1.54) is 116 Å². The Kier molecular flexibility index (Phi) is 28.0. The molecule has 30 heavy (non-hydrogen) atoms. The van der Waals surface area contributed by atoms with Gasteiger partial charge in [0.2, 0.25) is 0 Å². The van der Waals surface area contributed by atoms with Gasteiger partial charge in [0.05, 0.1) is 0 Å². The topological polar surface area (TPSA) is 66.4 Å². The molecule has 0 N–H and O–H groups in total. The van der Waals surface area contributed by atoms with E-state index in [9.17, 15) is 13.0 Å². The van der Waals surface area contributed by atoms with Crippen LogP contribution in [0.15, 0.2) is 12.3 Å². The van der Waals surface area contributed by atoms with E-state index in [0.29, 0.717) is 0 Å². The van der Waals surface area contributed by atoms with Crippen LogP contribution in [-0.4, -0.2) is 13.0 Å². The van der Waals surface area contributed by atoms with Gasteiger partial charge in [0.1, 0.15) is 6.26 Å². The van der Waals surface area contributed by atoms with E-state index < -0.39 is 10.4 Å². The van der Waals surface area contributed by atoms with E-state index in [4.69, 9.17) is 0 Å². The average Bonchev–Trinajstić information content (AvgIpc) is 2.67.